The van der Waals surface area contributed by atoms with Crippen molar-refractivity contribution in [1.82, 2.24) is 4.90 Å². The number of nitrogens with zero attached hydrogens (tertiary/aromatic N) is 1. The molecule has 1 fully saturated rings. The van der Waals surface area contributed by atoms with Crippen LogP contribution in [0.3, 0.4) is 0 Å². The van der Waals surface area contributed by atoms with E-state index in [4.69, 9.17) is 9.84 Å². The van der Waals surface area contributed by atoms with Gasteiger partial charge in [-0.2, -0.15) is 0 Å². The Bertz CT molecular complexity index is 504. The molecule has 1 atom stereocenters. The number of ether oxygens (including phenoxy) is 1. The van der Waals surface area contributed by atoms with E-state index in [1.807, 2.05) is 13.0 Å². The largest absolute Gasteiger partial charge is 0.492 e. The van der Waals surface area contributed by atoms with Crippen molar-refractivity contribution in [3.8, 4) is 5.75 Å². The van der Waals surface area contributed by atoms with Gasteiger partial charge in [-0.15, -0.1) is 0 Å². The second-order valence-corrected chi connectivity index (χ2v) is 4.55. The van der Waals surface area contributed by atoms with Crippen LogP contribution in [0.4, 0.5) is 10.5 Å². The molecule has 1 unspecified atom stereocenters. The topological polar surface area (TPSA) is 78.9 Å². The zero-order chi connectivity index (χ0) is 14.5. The Morgan fingerprint density at radius 3 is 2.90 bits per heavy atom. The quantitative estimate of drug-likeness (QED) is 0.884. The van der Waals surface area contributed by atoms with Crippen LogP contribution in [0.25, 0.3) is 0 Å². The first-order valence-corrected chi connectivity index (χ1v) is 6.65. The van der Waals surface area contributed by atoms with Gasteiger partial charge in [0.2, 0.25) is 0 Å². The van der Waals surface area contributed by atoms with Crippen molar-refractivity contribution >= 4 is 17.7 Å². The van der Waals surface area contributed by atoms with Crippen LogP contribution in [0.15, 0.2) is 24.3 Å². The highest BCUT2D eigenvalue weighted by molar-refractivity contribution is 5.93. The first-order chi connectivity index (χ1) is 9.63. The van der Waals surface area contributed by atoms with Gasteiger partial charge in [-0.3, -0.25) is 0 Å². The molecule has 1 saturated heterocycles. The van der Waals surface area contributed by atoms with Gasteiger partial charge < -0.3 is 20.1 Å². The minimum atomic E-state index is -0.962. The van der Waals surface area contributed by atoms with E-state index in [1.54, 1.807) is 18.2 Å². The van der Waals surface area contributed by atoms with E-state index in [0.29, 0.717) is 37.4 Å². The molecule has 108 valence electrons. The molecule has 0 aromatic heterocycles. The van der Waals surface area contributed by atoms with Crippen molar-refractivity contribution in [2.45, 2.75) is 25.8 Å². The van der Waals surface area contributed by atoms with Crippen LogP contribution in [-0.4, -0.2) is 41.2 Å². The number of hydrogen-bond donors (Lipinski definition) is 2. The summed E-state index contributed by atoms with van der Waals surface area (Å²) in [5, 5.41) is 11.8. The Labute approximate surface area is 117 Å². The van der Waals surface area contributed by atoms with Gasteiger partial charge in [-0.1, -0.05) is 12.1 Å². The SMILES string of the molecule is CCOc1ccccc1NC(=O)N1CCCC1C(=O)O. The Morgan fingerprint density at radius 2 is 2.20 bits per heavy atom. The van der Waals surface area contributed by atoms with Crippen LogP contribution in [0.2, 0.25) is 0 Å². The predicted molar refractivity (Wildman–Crippen MR) is 74.0 cm³/mol. The van der Waals surface area contributed by atoms with E-state index in [0.717, 1.165) is 0 Å². The summed E-state index contributed by atoms with van der Waals surface area (Å²) in [5.74, 6) is -0.384. The number of likely N-dealkylation sites (tertiary alicyclic amines) is 1. The number of urea groups is 1. The summed E-state index contributed by atoms with van der Waals surface area (Å²) in [6.45, 7) is 2.81. The van der Waals surface area contributed by atoms with E-state index >= 15 is 0 Å². The Kier molecular flexibility index (Phi) is 4.45. The molecule has 2 rings (SSSR count). The fourth-order valence-electron chi connectivity index (χ4n) is 2.30. The molecule has 0 bridgehead atoms. The van der Waals surface area contributed by atoms with Crippen molar-refractivity contribution in [1.29, 1.82) is 0 Å². The summed E-state index contributed by atoms with van der Waals surface area (Å²) in [7, 11) is 0. The van der Waals surface area contributed by atoms with Crippen molar-refractivity contribution in [2.24, 2.45) is 0 Å². The lowest BCUT2D eigenvalue weighted by Gasteiger charge is -2.22. The number of carbonyl (C=O) groups excluding carboxylic acids is 1. The molecule has 0 spiro atoms. The first kappa shape index (κ1) is 14.2. The number of benzene rings is 1. The number of para-hydroxylation sites is 2. The van der Waals surface area contributed by atoms with Crippen molar-refractivity contribution in [3.63, 3.8) is 0 Å². The number of amides is 2. The number of carbonyl (C=O) groups is 2. The second-order valence-electron chi connectivity index (χ2n) is 4.55. The lowest BCUT2D eigenvalue weighted by atomic mass is 10.2. The summed E-state index contributed by atoms with van der Waals surface area (Å²) in [5.41, 5.74) is 0.551. The maximum Gasteiger partial charge on any atom is 0.326 e. The predicted octanol–water partition coefficient (Wildman–Crippen LogP) is 2.17. The molecule has 1 heterocycles. The van der Waals surface area contributed by atoms with Gasteiger partial charge in [0.1, 0.15) is 11.8 Å². The lowest BCUT2D eigenvalue weighted by Crippen LogP contribution is -2.42. The molecule has 0 radical (unpaired) electrons. The van der Waals surface area contributed by atoms with Gasteiger partial charge >= 0.3 is 12.0 Å². The average molecular weight is 278 g/mol. The standard InChI is InChI=1S/C14H18N2O4/c1-2-20-12-8-4-3-6-10(12)15-14(19)16-9-5-7-11(16)13(17)18/h3-4,6,8,11H,2,5,7,9H2,1H3,(H,15,19)(H,17,18). The van der Waals surface area contributed by atoms with Crippen molar-refractivity contribution < 1.29 is 19.4 Å². The molecule has 6 heteroatoms. The molecular weight excluding hydrogens is 260 g/mol. The molecule has 20 heavy (non-hydrogen) atoms. The van der Waals surface area contributed by atoms with E-state index < -0.39 is 18.0 Å². The van der Waals surface area contributed by atoms with Gasteiger partial charge in [0, 0.05) is 6.54 Å². The third-order valence-electron chi connectivity index (χ3n) is 3.23. The van der Waals surface area contributed by atoms with E-state index in [-0.39, 0.29) is 0 Å². The highest BCUT2D eigenvalue weighted by Crippen LogP contribution is 2.25. The molecule has 1 aromatic carbocycles. The molecule has 0 aliphatic carbocycles. The number of hydrogen-bond acceptors (Lipinski definition) is 3. The lowest BCUT2D eigenvalue weighted by molar-refractivity contribution is -0.141. The maximum atomic E-state index is 12.2. The zero-order valence-corrected chi connectivity index (χ0v) is 11.3. The van der Waals surface area contributed by atoms with Gasteiger partial charge in [0.25, 0.3) is 0 Å². The van der Waals surface area contributed by atoms with E-state index in [2.05, 4.69) is 5.32 Å². The first-order valence-electron chi connectivity index (χ1n) is 6.65. The molecule has 2 N–H and O–H groups in total. The highest BCUT2D eigenvalue weighted by atomic mass is 16.5. The number of aliphatic carboxylic acids is 1. The summed E-state index contributed by atoms with van der Waals surface area (Å²) in [6, 6.07) is 5.95. The van der Waals surface area contributed by atoms with E-state index in [1.165, 1.54) is 4.90 Å². The Hall–Kier alpha value is -2.24. The molecule has 0 saturated carbocycles. The number of nitrogens with one attached hydrogen (secondary N) is 1. The van der Waals surface area contributed by atoms with Crippen LogP contribution in [0, 0.1) is 0 Å². The molecular formula is C14H18N2O4. The minimum Gasteiger partial charge on any atom is -0.492 e. The molecule has 1 aliphatic heterocycles. The zero-order valence-electron chi connectivity index (χ0n) is 11.3. The maximum absolute atomic E-state index is 12.2. The fraction of sp³-hybridized carbons (Fsp3) is 0.429. The highest BCUT2D eigenvalue weighted by Gasteiger charge is 2.34. The third kappa shape index (κ3) is 3.01. The fourth-order valence-corrected chi connectivity index (χ4v) is 2.30. The van der Waals surface area contributed by atoms with E-state index in [9.17, 15) is 9.59 Å². The van der Waals surface area contributed by atoms with Gasteiger partial charge in [0.05, 0.1) is 12.3 Å². The Morgan fingerprint density at radius 1 is 1.45 bits per heavy atom. The van der Waals surface area contributed by atoms with Crippen LogP contribution in [-0.2, 0) is 4.79 Å². The summed E-state index contributed by atoms with van der Waals surface area (Å²) < 4.78 is 5.43. The van der Waals surface area contributed by atoms with Gasteiger partial charge in [0.15, 0.2) is 0 Å². The summed E-state index contributed by atoms with van der Waals surface area (Å²) in [6.07, 6.45) is 1.20. The second kappa shape index (κ2) is 6.27. The van der Waals surface area contributed by atoms with Crippen LogP contribution in [0.1, 0.15) is 19.8 Å². The van der Waals surface area contributed by atoms with Gasteiger partial charge in [-0.25, -0.2) is 9.59 Å². The molecule has 1 aromatic rings. The number of anilines is 1. The number of rotatable bonds is 4. The molecule has 6 nitrogen and oxygen atoms in total. The monoisotopic (exact) mass is 278 g/mol. The summed E-state index contributed by atoms with van der Waals surface area (Å²) >= 11 is 0. The number of carboxylic acid groups (broad SMARTS) is 1. The van der Waals surface area contributed by atoms with Crippen molar-refractivity contribution in [2.75, 3.05) is 18.5 Å². The smallest absolute Gasteiger partial charge is 0.326 e. The molecule has 2 amide bonds. The van der Waals surface area contributed by atoms with Gasteiger partial charge in [-0.05, 0) is 31.9 Å². The average Bonchev–Trinajstić information content (AvgIpc) is 2.91. The minimum absolute atomic E-state index is 0.401. The normalized spacial score (nSPS) is 17.9. The molecule has 1 aliphatic rings. The van der Waals surface area contributed by atoms with Crippen LogP contribution < -0.4 is 10.1 Å². The van der Waals surface area contributed by atoms with Crippen LogP contribution in [0.5, 0.6) is 5.75 Å². The number of carboxylic acids is 1. The third-order valence-corrected chi connectivity index (χ3v) is 3.23. The van der Waals surface area contributed by atoms with Crippen molar-refractivity contribution in [3.05, 3.63) is 24.3 Å². The Balaban J connectivity index is 2.10. The van der Waals surface area contributed by atoms with Crippen LogP contribution >= 0.6 is 0 Å². The summed E-state index contributed by atoms with van der Waals surface area (Å²) in [4.78, 5) is 24.6.